The highest BCUT2D eigenvalue weighted by Gasteiger charge is 2.18. The van der Waals surface area contributed by atoms with Gasteiger partial charge in [-0.2, -0.15) is 5.10 Å². The minimum absolute atomic E-state index is 0.0193. The van der Waals surface area contributed by atoms with Crippen molar-refractivity contribution in [3.05, 3.63) is 76.1 Å². The van der Waals surface area contributed by atoms with Crippen LogP contribution < -0.4 is 21.6 Å². The number of rotatable bonds is 8. The third-order valence-corrected chi connectivity index (χ3v) is 9.34. The molecule has 5 aromatic rings. The van der Waals surface area contributed by atoms with E-state index in [9.17, 15) is 9.59 Å². The Morgan fingerprint density at radius 2 is 1.95 bits per heavy atom. The lowest BCUT2D eigenvalue weighted by atomic mass is 9.87. The molecule has 1 aliphatic rings. The van der Waals surface area contributed by atoms with Crippen molar-refractivity contribution in [2.45, 2.75) is 52.4 Å². The maximum atomic E-state index is 12.8. The summed E-state index contributed by atoms with van der Waals surface area (Å²) in [7, 11) is 0. The fourth-order valence-electron chi connectivity index (χ4n) is 5.88. The van der Waals surface area contributed by atoms with Crippen molar-refractivity contribution in [2.24, 2.45) is 11.7 Å². The monoisotopic (exact) mass is 605 g/mol. The van der Waals surface area contributed by atoms with Gasteiger partial charge in [-0.15, -0.1) is 11.3 Å². The number of Topliss-reactive ketones (excluding diaryl/α,β-unsaturated/α-hetero) is 1. The van der Waals surface area contributed by atoms with E-state index in [1.54, 1.807) is 25.5 Å². The normalized spacial score (nSPS) is 15.3. The van der Waals surface area contributed by atoms with Crippen LogP contribution in [0.3, 0.4) is 0 Å². The van der Waals surface area contributed by atoms with E-state index in [1.165, 1.54) is 36.8 Å². The first-order valence-corrected chi connectivity index (χ1v) is 15.7. The summed E-state index contributed by atoms with van der Waals surface area (Å²) in [6.07, 6.45) is 17.1. The number of nitrogens with one attached hydrogen (secondary N) is 3. The van der Waals surface area contributed by atoms with E-state index in [2.05, 4.69) is 30.5 Å². The predicted molar refractivity (Wildman–Crippen MR) is 177 cm³/mol. The number of hydrogen-bond acceptors (Lipinski definition) is 7. The van der Waals surface area contributed by atoms with Gasteiger partial charge < -0.3 is 16.0 Å². The number of allylic oxidation sites excluding steroid dienone is 1. The molecule has 0 unspecified atom stereocenters. The molecule has 10 heteroatoms. The fraction of sp³-hybridized carbons (Fsp3) is 0.265. The van der Waals surface area contributed by atoms with Crippen molar-refractivity contribution in [1.29, 1.82) is 0 Å². The highest BCUT2D eigenvalue weighted by Crippen LogP contribution is 2.34. The zero-order chi connectivity index (χ0) is 30.6. The second kappa shape index (κ2) is 12.8. The van der Waals surface area contributed by atoms with E-state index < -0.39 is 0 Å². The highest BCUT2D eigenvalue weighted by molar-refractivity contribution is 7.17. The smallest absolute Gasteiger partial charge is 0.224 e. The topological polar surface area (TPSA) is 142 Å². The van der Waals surface area contributed by atoms with Gasteiger partial charge >= 0.3 is 0 Å². The van der Waals surface area contributed by atoms with Crippen LogP contribution in [0.25, 0.3) is 50.6 Å². The van der Waals surface area contributed by atoms with Gasteiger partial charge in [0, 0.05) is 46.7 Å². The first-order chi connectivity index (χ1) is 21.4. The van der Waals surface area contributed by atoms with Gasteiger partial charge in [-0.1, -0.05) is 25.3 Å². The van der Waals surface area contributed by atoms with E-state index in [0.717, 1.165) is 67.4 Å². The molecular weight excluding hydrogens is 570 g/mol. The first kappa shape index (κ1) is 29.3. The van der Waals surface area contributed by atoms with Gasteiger partial charge in [0.05, 0.1) is 38.4 Å². The largest absolute Gasteiger partial charge is 0.404 e. The van der Waals surface area contributed by atoms with Crippen LogP contribution in [0.15, 0.2) is 55.1 Å². The van der Waals surface area contributed by atoms with Crippen molar-refractivity contribution < 1.29 is 9.59 Å². The number of nitrogens with zero attached hydrogens (tertiary/aromatic N) is 3. The number of aromatic amines is 2. The molecule has 9 nitrogen and oxygen atoms in total. The number of nitrogens with two attached hydrogens (primary N) is 1. The average Bonchev–Trinajstić information content (AvgIpc) is 3.78. The number of hydrogen-bond donors (Lipinski definition) is 4. The van der Waals surface area contributed by atoms with Gasteiger partial charge in [0.25, 0.3) is 0 Å². The minimum Gasteiger partial charge on any atom is -0.404 e. The maximum Gasteiger partial charge on any atom is 0.224 e. The molecule has 1 saturated carbocycles. The number of pyridine rings is 2. The molecule has 5 N–H and O–H groups in total. The van der Waals surface area contributed by atoms with Gasteiger partial charge in [-0.3, -0.25) is 24.7 Å². The van der Waals surface area contributed by atoms with Crippen molar-refractivity contribution in [2.75, 3.05) is 5.32 Å². The molecule has 224 valence electrons. The molecular formula is C34H35N7O2S. The molecule has 0 radical (unpaired) electrons. The quantitative estimate of drug-likeness (QED) is 0.166. The Labute approximate surface area is 259 Å². The van der Waals surface area contributed by atoms with Crippen LogP contribution in [-0.2, 0) is 4.79 Å². The van der Waals surface area contributed by atoms with Crippen molar-refractivity contribution in [3.63, 3.8) is 0 Å². The van der Waals surface area contributed by atoms with E-state index >= 15 is 0 Å². The Morgan fingerprint density at radius 3 is 2.70 bits per heavy atom. The summed E-state index contributed by atoms with van der Waals surface area (Å²) in [4.78, 5) is 38.8. The number of fused-ring (bicyclic) bond motifs is 1. The lowest BCUT2D eigenvalue weighted by molar-refractivity contribution is -0.117. The molecule has 0 atom stereocenters. The Hall–Kier alpha value is -4.83. The van der Waals surface area contributed by atoms with Crippen LogP contribution in [0.2, 0.25) is 0 Å². The van der Waals surface area contributed by atoms with Crippen LogP contribution in [0, 0.1) is 5.92 Å². The third kappa shape index (κ3) is 6.12. The molecule has 6 rings (SSSR count). The molecule has 0 aliphatic heterocycles. The first-order valence-electron chi connectivity index (χ1n) is 14.9. The molecule has 0 spiro atoms. The van der Waals surface area contributed by atoms with Crippen LogP contribution in [0.4, 0.5) is 5.69 Å². The second-order valence-electron chi connectivity index (χ2n) is 11.2. The highest BCUT2D eigenvalue weighted by atomic mass is 32.1. The number of thiophene rings is 1. The summed E-state index contributed by atoms with van der Waals surface area (Å²) in [5.41, 5.74) is 11.6. The molecule has 0 saturated heterocycles. The Morgan fingerprint density at radius 1 is 1.11 bits per heavy atom. The number of carbonyl (C=O) groups excluding carboxylic acids is 2. The fourth-order valence-corrected chi connectivity index (χ4v) is 6.79. The summed E-state index contributed by atoms with van der Waals surface area (Å²) < 4.78 is 0. The van der Waals surface area contributed by atoms with Gasteiger partial charge in [-0.25, -0.2) is 0 Å². The van der Waals surface area contributed by atoms with Gasteiger partial charge in [0.2, 0.25) is 5.91 Å². The van der Waals surface area contributed by atoms with E-state index in [1.807, 2.05) is 49.4 Å². The van der Waals surface area contributed by atoms with Crippen LogP contribution >= 0.6 is 11.3 Å². The molecule has 1 fully saturated rings. The summed E-state index contributed by atoms with van der Waals surface area (Å²) >= 11 is 1.43. The van der Waals surface area contributed by atoms with Crippen molar-refractivity contribution >= 4 is 57.3 Å². The Balaban J connectivity index is 1.33. The van der Waals surface area contributed by atoms with Gasteiger partial charge in [-0.05, 0) is 74.6 Å². The number of aromatic nitrogens is 5. The average molecular weight is 606 g/mol. The number of H-pyrrole nitrogens is 2. The number of carbonyl (C=O) groups is 2. The Kier molecular flexibility index (Phi) is 8.51. The standard InChI is InChI=1S/C34H35N7O2S/c1-3-27-25(15-22(17-35)23-14-24(19-36-18-23)38-32(43)13-21-7-5-4-6-8-21)33(41-40-27)29-16-26-28(39-29)11-12-37-34(26)31-10-9-30(44-31)20(2)42/h3,9-12,14-19,21,39-40H,4-8,13,35H2,1-2H3,(H,38,43)/b22-17+,25-15+,27-3-. The van der Waals surface area contributed by atoms with Crippen LogP contribution in [-0.4, -0.2) is 36.8 Å². The molecule has 5 aromatic heterocycles. The lowest BCUT2D eigenvalue weighted by Crippen LogP contribution is -2.23. The predicted octanol–water partition coefficient (Wildman–Crippen LogP) is 5.77. The lowest BCUT2D eigenvalue weighted by Gasteiger charge is -2.20. The SMILES string of the molecule is C\C=c1/[nH]nc(-c2cc3c(-c4ccc(C(C)=O)s4)nccc3[nH]2)/c1=C/C(=C\N)c1cncc(NC(=O)CC2CCCCC2)c1. The van der Waals surface area contributed by atoms with Crippen molar-refractivity contribution in [3.8, 4) is 22.0 Å². The summed E-state index contributed by atoms with van der Waals surface area (Å²) in [5, 5.41) is 13.5. The number of amides is 1. The van der Waals surface area contributed by atoms with Gasteiger partial charge in [0.1, 0.15) is 5.69 Å². The van der Waals surface area contributed by atoms with Crippen LogP contribution in [0.5, 0.6) is 0 Å². The molecule has 44 heavy (non-hydrogen) atoms. The van der Waals surface area contributed by atoms with E-state index in [0.29, 0.717) is 22.9 Å². The summed E-state index contributed by atoms with van der Waals surface area (Å²) in [6, 6.07) is 9.64. The third-order valence-electron chi connectivity index (χ3n) is 8.15. The van der Waals surface area contributed by atoms with Crippen LogP contribution in [0.1, 0.15) is 67.6 Å². The summed E-state index contributed by atoms with van der Waals surface area (Å²) in [6.45, 7) is 3.52. The maximum absolute atomic E-state index is 12.8. The number of ketones is 1. The molecule has 0 bridgehead atoms. The molecule has 1 aliphatic carbocycles. The van der Waals surface area contributed by atoms with E-state index in [4.69, 9.17) is 5.73 Å². The van der Waals surface area contributed by atoms with Crippen molar-refractivity contribution in [1.82, 2.24) is 25.1 Å². The minimum atomic E-state index is 0.0193. The zero-order valence-corrected chi connectivity index (χ0v) is 25.6. The molecule has 0 aromatic carbocycles. The molecule has 1 amide bonds. The van der Waals surface area contributed by atoms with Gasteiger partial charge in [0.15, 0.2) is 5.78 Å². The zero-order valence-electron chi connectivity index (χ0n) is 24.8. The summed E-state index contributed by atoms with van der Waals surface area (Å²) in [5.74, 6) is 0.510. The number of anilines is 1. The Bertz CT molecular complexity index is 1990. The van der Waals surface area contributed by atoms with E-state index in [-0.39, 0.29) is 11.7 Å². The molecule has 5 heterocycles. The second-order valence-corrected chi connectivity index (χ2v) is 12.3.